The number of aliphatic hydroxyl groups is 2. The molecule has 0 saturated heterocycles. The summed E-state index contributed by atoms with van der Waals surface area (Å²) < 4.78 is 2.00. The van der Waals surface area contributed by atoms with Crippen molar-refractivity contribution >= 4 is 22.7 Å². The molecule has 0 bridgehead atoms. The standard InChI is InChI=1S/C24H33N7O2/c1-3-19-23(28-15-4-5-17(32)10-15)30-20-18(12-26-22(25)21(20)29-19)14-11-27-31(13-14)16-6-8-24(2,33)9-7-16/h11-13,15-17,32-33H,3-10H2,1-2H3,(H2,25,26)(H,28,30)/t15-,16?,17+,24?/m1/s1. The SMILES string of the molecule is CCc1nc2c(N)ncc(-c3cnn(C4CCC(C)(O)CC4)c3)c2nc1N[C@@H]1CC[C@H](O)C1. The molecule has 0 unspecified atom stereocenters. The highest BCUT2D eigenvalue weighted by atomic mass is 16.3. The van der Waals surface area contributed by atoms with E-state index in [-0.39, 0.29) is 18.2 Å². The molecule has 3 aromatic heterocycles. The van der Waals surface area contributed by atoms with Crippen molar-refractivity contribution in [1.82, 2.24) is 24.7 Å². The van der Waals surface area contributed by atoms with Crippen LogP contribution in [0, 0.1) is 0 Å². The Hall–Kier alpha value is -2.78. The van der Waals surface area contributed by atoms with E-state index in [9.17, 15) is 10.2 Å². The second-order valence-corrected chi connectivity index (χ2v) is 9.87. The fourth-order valence-electron chi connectivity index (χ4n) is 5.11. The third-order valence-corrected chi connectivity index (χ3v) is 7.20. The number of nitrogens with two attached hydrogens (primary N) is 1. The number of pyridine rings is 1. The van der Waals surface area contributed by atoms with Crippen molar-refractivity contribution in [2.45, 2.75) is 89.0 Å². The van der Waals surface area contributed by atoms with Crippen LogP contribution in [0.4, 0.5) is 11.6 Å². The van der Waals surface area contributed by atoms with E-state index >= 15 is 0 Å². The first-order valence-corrected chi connectivity index (χ1v) is 12.0. The van der Waals surface area contributed by atoms with Gasteiger partial charge in [-0.15, -0.1) is 0 Å². The Morgan fingerprint density at radius 3 is 2.64 bits per heavy atom. The number of anilines is 2. The van der Waals surface area contributed by atoms with Gasteiger partial charge < -0.3 is 21.3 Å². The number of nitrogen functional groups attached to an aromatic ring is 1. The number of hydrogen-bond donors (Lipinski definition) is 4. The highest BCUT2D eigenvalue weighted by Crippen LogP contribution is 2.36. The van der Waals surface area contributed by atoms with Crippen LogP contribution < -0.4 is 11.1 Å². The van der Waals surface area contributed by atoms with E-state index in [1.165, 1.54) is 0 Å². The van der Waals surface area contributed by atoms with E-state index in [4.69, 9.17) is 15.7 Å². The van der Waals surface area contributed by atoms with Crippen LogP contribution in [0.25, 0.3) is 22.2 Å². The lowest BCUT2D eigenvalue weighted by Gasteiger charge is -2.33. The Bertz CT molecular complexity index is 1150. The van der Waals surface area contributed by atoms with E-state index in [2.05, 4.69) is 15.4 Å². The first-order chi connectivity index (χ1) is 15.8. The Morgan fingerprint density at radius 1 is 1.15 bits per heavy atom. The van der Waals surface area contributed by atoms with Crippen LogP contribution in [0.3, 0.4) is 0 Å². The minimum Gasteiger partial charge on any atom is -0.393 e. The molecule has 2 atom stereocenters. The molecular formula is C24H33N7O2. The summed E-state index contributed by atoms with van der Waals surface area (Å²) in [5.74, 6) is 1.11. The van der Waals surface area contributed by atoms with Gasteiger partial charge in [-0.2, -0.15) is 5.10 Å². The monoisotopic (exact) mass is 451 g/mol. The Labute approximate surface area is 193 Å². The number of aryl methyl sites for hydroxylation is 1. The van der Waals surface area contributed by atoms with E-state index in [0.717, 1.165) is 67.6 Å². The van der Waals surface area contributed by atoms with Crippen LogP contribution in [0.2, 0.25) is 0 Å². The summed E-state index contributed by atoms with van der Waals surface area (Å²) in [5, 5.41) is 28.3. The van der Waals surface area contributed by atoms with E-state index < -0.39 is 5.60 Å². The van der Waals surface area contributed by atoms with E-state index in [0.29, 0.717) is 23.3 Å². The molecule has 0 spiro atoms. The minimum absolute atomic E-state index is 0.186. The summed E-state index contributed by atoms with van der Waals surface area (Å²) in [6.45, 7) is 3.95. The molecule has 2 aliphatic rings. The molecule has 3 aromatic rings. The lowest BCUT2D eigenvalue weighted by atomic mass is 9.84. The second kappa shape index (κ2) is 8.53. The summed E-state index contributed by atoms with van der Waals surface area (Å²) in [6, 6.07) is 0.460. The molecule has 9 heteroatoms. The maximum atomic E-state index is 10.3. The van der Waals surface area contributed by atoms with Gasteiger partial charge in [0.25, 0.3) is 0 Å². The number of aliphatic hydroxyl groups excluding tert-OH is 1. The molecule has 0 aromatic carbocycles. The Balaban J connectivity index is 1.50. The zero-order valence-electron chi connectivity index (χ0n) is 19.3. The van der Waals surface area contributed by atoms with Gasteiger partial charge in [0.15, 0.2) is 5.82 Å². The maximum Gasteiger partial charge on any atom is 0.151 e. The number of nitrogens with one attached hydrogen (secondary N) is 1. The third-order valence-electron chi connectivity index (χ3n) is 7.20. The average Bonchev–Trinajstić information content (AvgIpc) is 3.43. The molecule has 5 N–H and O–H groups in total. The van der Waals surface area contributed by atoms with Crippen molar-refractivity contribution in [1.29, 1.82) is 0 Å². The Kier molecular flexibility index (Phi) is 5.70. The van der Waals surface area contributed by atoms with Gasteiger partial charge in [0.1, 0.15) is 16.9 Å². The van der Waals surface area contributed by atoms with Crippen molar-refractivity contribution in [2.75, 3.05) is 11.1 Å². The largest absolute Gasteiger partial charge is 0.393 e. The van der Waals surface area contributed by atoms with Gasteiger partial charge in [0.05, 0.1) is 29.6 Å². The molecule has 176 valence electrons. The smallest absolute Gasteiger partial charge is 0.151 e. The molecule has 2 saturated carbocycles. The van der Waals surface area contributed by atoms with Gasteiger partial charge >= 0.3 is 0 Å². The molecule has 0 radical (unpaired) electrons. The predicted octanol–water partition coefficient (Wildman–Crippen LogP) is 3.22. The molecule has 0 amide bonds. The highest BCUT2D eigenvalue weighted by molar-refractivity contribution is 5.96. The van der Waals surface area contributed by atoms with Gasteiger partial charge in [-0.3, -0.25) is 4.68 Å². The van der Waals surface area contributed by atoms with Crippen molar-refractivity contribution < 1.29 is 10.2 Å². The molecule has 33 heavy (non-hydrogen) atoms. The van der Waals surface area contributed by atoms with Crippen LogP contribution in [-0.4, -0.2) is 52.7 Å². The molecule has 9 nitrogen and oxygen atoms in total. The summed E-state index contributed by atoms with van der Waals surface area (Å²) in [4.78, 5) is 14.2. The molecule has 0 aliphatic heterocycles. The third kappa shape index (κ3) is 4.39. The fraction of sp³-hybridized carbons (Fsp3) is 0.583. The van der Waals surface area contributed by atoms with Crippen molar-refractivity contribution in [3.05, 3.63) is 24.3 Å². The lowest BCUT2D eigenvalue weighted by molar-refractivity contribution is 0.00852. The molecule has 2 fully saturated rings. The molecule has 3 heterocycles. The summed E-state index contributed by atoms with van der Waals surface area (Å²) in [7, 11) is 0. The first kappa shape index (κ1) is 22.0. The normalized spacial score (nSPS) is 27.8. The van der Waals surface area contributed by atoms with Gasteiger partial charge in [0.2, 0.25) is 0 Å². The average molecular weight is 452 g/mol. The summed E-state index contributed by atoms with van der Waals surface area (Å²) >= 11 is 0. The quantitative estimate of drug-likeness (QED) is 0.464. The number of hydrogen-bond acceptors (Lipinski definition) is 8. The van der Waals surface area contributed by atoms with Crippen molar-refractivity contribution in [3.63, 3.8) is 0 Å². The van der Waals surface area contributed by atoms with Gasteiger partial charge in [-0.05, 0) is 58.3 Å². The number of aromatic nitrogens is 5. The van der Waals surface area contributed by atoms with E-state index in [1.54, 1.807) is 6.20 Å². The fourth-order valence-corrected chi connectivity index (χ4v) is 5.11. The Morgan fingerprint density at radius 2 is 1.94 bits per heavy atom. The van der Waals surface area contributed by atoms with Crippen molar-refractivity contribution in [3.8, 4) is 11.1 Å². The zero-order valence-corrected chi connectivity index (χ0v) is 19.3. The summed E-state index contributed by atoms with van der Waals surface area (Å²) in [5.41, 5.74) is 9.53. The highest BCUT2D eigenvalue weighted by Gasteiger charge is 2.30. The van der Waals surface area contributed by atoms with E-state index in [1.807, 2.05) is 30.9 Å². The molecule has 5 rings (SSSR count). The molecular weight excluding hydrogens is 418 g/mol. The van der Waals surface area contributed by atoms with Crippen LogP contribution in [-0.2, 0) is 6.42 Å². The number of fused-ring (bicyclic) bond motifs is 1. The van der Waals surface area contributed by atoms with Gasteiger partial charge in [-0.25, -0.2) is 15.0 Å². The van der Waals surface area contributed by atoms with Gasteiger partial charge in [-0.1, -0.05) is 6.92 Å². The van der Waals surface area contributed by atoms with Gasteiger partial charge in [0, 0.05) is 29.6 Å². The van der Waals surface area contributed by atoms with Crippen LogP contribution >= 0.6 is 0 Å². The number of nitrogens with zero attached hydrogens (tertiary/aromatic N) is 5. The summed E-state index contributed by atoms with van der Waals surface area (Å²) in [6.07, 6.45) is 11.9. The second-order valence-electron chi connectivity index (χ2n) is 9.87. The van der Waals surface area contributed by atoms with Crippen LogP contribution in [0.1, 0.15) is 70.5 Å². The maximum absolute atomic E-state index is 10.3. The first-order valence-electron chi connectivity index (χ1n) is 12.0. The van der Waals surface area contributed by atoms with Crippen LogP contribution in [0.5, 0.6) is 0 Å². The topological polar surface area (TPSA) is 135 Å². The lowest BCUT2D eigenvalue weighted by Crippen LogP contribution is -2.31. The number of rotatable bonds is 5. The predicted molar refractivity (Wildman–Crippen MR) is 128 cm³/mol. The molecule has 2 aliphatic carbocycles. The minimum atomic E-state index is -0.575. The van der Waals surface area contributed by atoms with Crippen LogP contribution in [0.15, 0.2) is 18.6 Å². The van der Waals surface area contributed by atoms with Crippen molar-refractivity contribution in [2.24, 2.45) is 0 Å². The zero-order chi connectivity index (χ0) is 23.2.